The number of hydrogen-bond donors (Lipinski definition) is 0. The summed E-state index contributed by atoms with van der Waals surface area (Å²) in [5, 5.41) is 0.601. The van der Waals surface area contributed by atoms with Crippen molar-refractivity contribution in [2.75, 3.05) is 0 Å². The molecule has 0 saturated carbocycles. The number of hydrogen-bond acceptors (Lipinski definition) is 3. The van der Waals surface area contributed by atoms with Gasteiger partial charge in [0, 0.05) is 18.1 Å². The Labute approximate surface area is 109 Å². The van der Waals surface area contributed by atoms with Crippen LogP contribution in [0.15, 0.2) is 57.9 Å². The van der Waals surface area contributed by atoms with Crippen LogP contribution in [-0.2, 0) is 6.42 Å². The van der Waals surface area contributed by atoms with Gasteiger partial charge in [-0.2, -0.15) is 0 Å². The largest absolute Gasteiger partial charge is 0.464 e. The van der Waals surface area contributed by atoms with Crippen molar-refractivity contribution in [3.8, 4) is 11.5 Å². The van der Waals surface area contributed by atoms with Crippen LogP contribution in [0.5, 0.6) is 11.5 Å². The molecule has 0 aliphatic carbocycles. The third-order valence-corrected chi connectivity index (χ3v) is 3.45. The first-order chi connectivity index (χ1) is 9.33. The highest BCUT2D eigenvalue weighted by atomic mass is 16.5. The molecule has 3 heteroatoms. The van der Waals surface area contributed by atoms with Gasteiger partial charge in [0.15, 0.2) is 5.43 Å². The van der Waals surface area contributed by atoms with Crippen LogP contribution in [-0.4, -0.2) is 0 Å². The molecule has 0 bridgehead atoms. The fraction of sp³-hybridized carbons (Fsp3) is 0.0625. The van der Waals surface area contributed by atoms with Crippen LogP contribution in [0.2, 0.25) is 0 Å². The molecule has 0 atom stereocenters. The lowest BCUT2D eigenvalue weighted by atomic mass is 9.98. The van der Waals surface area contributed by atoms with Crippen LogP contribution < -0.4 is 10.2 Å². The molecule has 3 aromatic rings. The maximum atomic E-state index is 11.8. The van der Waals surface area contributed by atoms with E-state index in [1.165, 1.54) is 12.3 Å². The topological polar surface area (TPSA) is 39.4 Å². The molecular weight excluding hydrogens is 240 g/mol. The number of para-hydroxylation sites is 1. The maximum absolute atomic E-state index is 11.8. The Balaban J connectivity index is 2.02. The average molecular weight is 250 g/mol. The van der Waals surface area contributed by atoms with Crippen LogP contribution in [0, 0.1) is 0 Å². The Morgan fingerprint density at radius 2 is 1.84 bits per heavy atom. The molecule has 0 fully saturated rings. The lowest BCUT2D eigenvalue weighted by Crippen LogP contribution is -2.06. The Morgan fingerprint density at radius 1 is 0.947 bits per heavy atom. The second kappa shape index (κ2) is 3.72. The normalized spacial score (nSPS) is 12.6. The zero-order valence-electron chi connectivity index (χ0n) is 10.1. The summed E-state index contributed by atoms with van der Waals surface area (Å²) < 4.78 is 11.4. The summed E-state index contributed by atoms with van der Waals surface area (Å²) >= 11 is 0. The van der Waals surface area contributed by atoms with Crippen LogP contribution >= 0.6 is 0 Å². The van der Waals surface area contributed by atoms with Gasteiger partial charge in [0.25, 0.3) is 0 Å². The number of rotatable bonds is 0. The molecule has 92 valence electrons. The van der Waals surface area contributed by atoms with Crippen LogP contribution in [0.1, 0.15) is 11.1 Å². The van der Waals surface area contributed by atoms with Crippen molar-refractivity contribution in [1.29, 1.82) is 0 Å². The average Bonchev–Trinajstić information content (AvgIpc) is 2.45. The van der Waals surface area contributed by atoms with Gasteiger partial charge in [0.2, 0.25) is 0 Å². The third kappa shape index (κ3) is 1.48. The third-order valence-electron chi connectivity index (χ3n) is 3.45. The lowest BCUT2D eigenvalue weighted by Gasteiger charge is -2.20. The first kappa shape index (κ1) is 10.4. The van der Waals surface area contributed by atoms with E-state index in [0.29, 0.717) is 11.0 Å². The Morgan fingerprint density at radius 3 is 2.79 bits per heavy atom. The molecule has 0 unspecified atom stereocenters. The fourth-order valence-electron chi connectivity index (χ4n) is 2.51. The molecular formula is C16H10O3. The van der Waals surface area contributed by atoms with E-state index in [1.54, 1.807) is 6.07 Å². The Hall–Kier alpha value is -2.55. The number of benzene rings is 2. The lowest BCUT2D eigenvalue weighted by molar-refractivity contribution is 0.458. The van der Waals surface area contributed by atoms with E-state index < -0.39 is 0 Å². The zero-order chi connectivity index (χ0) is 12.8. The van der Waals surface area contributed by atoms with Gasteiger partial charge in [0.05, 0.1) is 11.6 Å². The van der Waals surface area contributed by atoms with E-state index in [4.69, 9.17) is 9.15 Å². The molecule has 4 rings (SSSR count). The highest BCUT2D eigenvalue weighted by Gasteiger charge is 2.20. The first-order valence-corrected chi connectivity index (χ1v) is 6.12. The summed E-state index contributed by atoms with van der Waals surface area (Å²) in [4.78, 5) is 11.8. The fourth-order valence-corrected chi connectivity index (χ4v) is 2.51. The van der Waals surface area contributed by atoms with E-state index in [9.17, 15) is 4.79 Å². The van der Waals surface area contributed by atoms with Crippen LogP contribution in [0.3, 0.4) is 0 Å². The van der Waals surface area contributed by atoms with E-state index in [2.05, 4.69) is 0 Å². The molecule has 0 saturated heterocycles. The van der Waals surface area contributed by atoms with E-state index in [0.717, 1.165) is 29.0 Å². The molecule has 1 aliphatic heterocycles. The summed E-state index contributed by atoms with van der Waals surface area (Å²) in [6.07, 6.45) is 2.15. The van der Waals surface area contributed by atoms with Gasteiger partial charge >= 0.3 is 0 Å². The van der Waals surface area contributed by atoms with Gasteiger partial charge in [-0.25, -0.2) is 0 Å². The molecule has 0 amide bonds. The summed E-state index contributed by atoms with van der Waals surface area (Å²) in [7, 11) is 0. The van der Waals surface area contributed by atoms with Crippen molar-refractivity contribution in [3.05, 3.63) is 70.1 Å². The molecule has 19 heavy (non-hydrogen) atoms. The molecule has 2 aromatic carbocycles. The Bertz CT molecular complexity index is 846. The van der Waals surface area contributed by atoms with Gasteiger partial charge < -0.3 is 9.15 Å². The second-order valence-corrected chi connectivity index (χ2v) is 4.59. The zero-order valence-corrected chi connectivity index (χ0v) is 10.1. The van der Waals surface area contributed by atoms with Gasteiger partial charge in [-0.15, -0.1) is 0 Å². The van der Waals surface area contributed by atoms with E-state index in [-0.39, 0.29) is 5.43 Å². The van der Waals surface area contributed by atoms with Crippen molar-refractivity contribution in [2.24, 2.45) is 0 Å². The first-order valence-electron chi connectivity index (χ1n) is 6.12. The summed E-state index contributed by atoms with van der Waals surface area (Å²) in [6, 6.07) is 12.9. The molecule has 2 heterocycles. The number of fused-ring (bicyclic) bond motifs is 4. The minimum absolute atomic E-state index is 0.0251. The summed E-state index contributed by atoms with van der Waals surface area (Å²) in [5.74, 6) is 1.63. The van der Waals surface area contributed by atoms with Gasteiger partial charge in [-0.05, 0) is 23.8 Å². The SMILES string of the molecule is O=c1ccoc2c3c(ccc12)Oc1ccccc1C3. The second-order valence-electron chi connectivity index (χ2n) is 4.59. The molecule has 0 radical (unpaired) electrons. The molecule has 1 aromatic heterocycles. The predicted octanol–water partition coefficient (Wildman–Crippen LogP) is 3.49. The quantitative estimate of drug-likeness (QED) is 0.479. The Kier molecular flexibility index (Phi) is 2.03. The summed E-state index contributed by atoms with van der Waals surface area (Å²) in [5.41, 5.74) is 2.64. The van der Waals surface area contributed by atoms with Gasteiger partial charge in [-0.1, -0.05) is 18.2 Å². The van der Waals surface area contributed by atoms with Crippen molar-refractivity contribution in [1.82, 2.24) is 0 Å². The molecule has 3 nitrogen and oxygen atoms in total. The van der Waals surface area contributed by atoms with E-state index >= 15 is 0 Å². The van der Waals surface area contributed by atoms with Crippen molar-refractivity contribution >= 4 is 11.0 Å². The minimum Gasteiger partial charge on any atom is -0.464 e. The molecule has 1 aliphatic rings. The van der Waals surface area contributed by atoms with Gasteiger partial charge in [0.1, 0.15) is 17.1 Å². The highest BCUT2D eigenvalue weighted by Crippen LogP contribution is 2.39. The highest BCUT2D eigenvalue weighted by molar-refractivity contribution is 5.83. The maximum Gasteiger partial charge on any atom is 0.192 e. The summed E-state index contributed by atoms with van der Waals surface area (Å²) in [6.45, 7) is 0. The van der Waals surface area contributed by atoms with Crippen LogP contribution in [0.4, 0.5) is 0 Å². The van der Waals surface area contributed by atoms with Gasteiger partial charge in [-0.3, -0.25) is 4.79 Å². The van der Waals surface area contributed by atoms with Crippen molar-refractivity contribution < 1.29 is 9.15 Å². The molecule has 0 spiro atoms. The van der Waals surface area contributed by atoms with Crippen molar-refractivity contribution in [3.63, 3.8) is 0 Å². The minimum atomic E-state index is -0.0251. The molecule has 0 N–H and O–H groups in total. The monoisotopic (exact) mass is 250 g/mol. The van der Waals surface area contributed by atoms with E-state index in [1.807, 2.05) is 30.3 Å². The standard InChI is InChI=1S/C16H10O3/c17-13-7-8-18-16-11(13)5-6-15-12(16)9-10-3-1-2-4-14(10)19-15/h1-8H,9H2. The van der Waals surface area contributed by atoms with Crippen molar-refractivity contribution in [2.45, 2.75) is 6.42 Å². The van der Waals surface area contributed by atoms with Crippen LogP contribution in [0.25, 0.3) is 11.0 Å². The smallest absolute Gasteiger partial charge is 0.192 e. The predicted molar refractivity (Wildman–Crippen MR) is 71.8 cm³/mol. The number of ether oxygens (including phenoxy) is 1.